The molecule has 216 valence electrons. The highest BCUT2D eigenvalue weighted by atomic mass is 16.1. The molecule has 8 nitrogen and oxygen atoms in total. The van der Waals surface area contributed by atoms with Crippen LogP contribution in [-0.2, 0) is 19.4 Å². The summed E-state index contributed by atoms with van der Waals surface area (Å²) in [7, 11) is 0. The summed E-state index contributed by atoms with van der Waals surface area (Å²) in [5.74, 6) is -0.0602. The summed E-state index contributed by atoms with van der Waals surface area (Å²) in [5, 5.41) is 17.3. The van der Waals surface area contributed by atoms with Crippen molar-refractivity contribution in [3.8, 4) is 0 Å². The fourth-order valence-electron chi connectivity index (χ4n) is 6.55. The molecule has 3 aromatic heterocycles. The molecule has 0 aliphatic heterocycles. The molecular weight excluding hydrogens is 510 g/mol. The number of benzene rings is 1. The van der Waals surface area contributed by atoms with Crippen LogP contribution in [0.5, 0.6) is 0 Å². The number of rotatable bonds is 11. The lowest BCUT2D eigenvalue weighted by molar-refractivity contribution is 0.0953. The Labute approximate surface area is 242 Å². The third kappa shape index (κ3) is 6.02. The van der Waals surface area contributed by atoms with Crippen molar-refractivity contribution in [2.24, 2.45) is 0 Å². The summed E-state index contributed by atoms with van der Waals surface area (Å²) in [4.78, 5) is 22.9. The topological polar surface area (TPSA) is 96.8 Å². The minimum Gasteiger partial charge on any atom is -0.384 e. The largest absolute Gasteiger partial charge is 0.384 e. The van der Waals surface area contributed by atoms with E-state index in [1.54, 1.807) is 6.20 Å². The molecular formula is C33H43N7O. The molecule has 0 atom stereocenters. The van der Waals surface area contributed by atoms with Crippen molar-refractivity contribution in [1.82, 2.24) is 25.1 Å². The van der Waals surface area contributed by atoms with Gasteiger partial charge in [-0.05, 0) is 76.3 Å². The van der Waals surface area contributed by atoms with E-state index in [0.717, 1.165) is 80.3 Å². The first kappa shape index (κ1) is 27.5. The number of nitrogens with one attached hydrogen (secondary N) is 3. The predicted octanol–water partition coefficient (Wildman–Crippen LogP) is 6.64. The van der Waals surface area contributed by atoms with Gasteiger partial charge in [-0.2, -0.15) is 5.10 Å². The third-order valence-corrected chi connectivity index (χ3v) is 8.77. The lowest BCUT2D eigenvalue weighted by Gasteiger charge is -2.25. The van der Waals surface area contributed by atoms with Crippen LogP contribution < -0.4 is 16.0 Å². The van der Waals surface area contributed by atoms with Crippen molar-refractivity contribution in [1.29, 1.82) is 0 Å². The van der Waals surface area contributed by atoms with E-state index in [4.69, 9.17) is 4.98 Å². The van der Waals surface area contributed by atoms with E-state index in [-0.39, 0.29) is 5.91 Å². The van der Waals surface area contributed by atoms with Crippen LogP contribution in [0.25, 0.3) is 21.9 Å². The number of amides is 1. The Balaban J connectivity index is 1.04. The zero-order valence-corrected chi connectivity index (χ0v) is 24.3. The average Bonchev–Trinajstić information content (AvgIpc) is 3.44. The average molecular weight is 554 g/mol. The molecule has 0 spiro atoms. The van der Waals surface area contributed by atoms with Crippen LogP contribution in [0.3, 0.4) is 0 Å². The normalized spacial score (nSPS) is 15.6. The molecule has 0 radical (unpaired) electrons. The first-order valence-corrected chi connectivity index (χ1v) is 15.8. The van der Waals surface area contributed by atoms with Gasteiger partial charge in [0.1, 0.15) is 0 Å². The van der Waals surface area contributed by atoms with Crippen molar-refractivity contribution in [2.75, 3.05) is 23.7 Å². The first-order valence-electron chi connectivity index (χ1n) is 15.8. The number of para-hydroxylation sites is 1. The van der Waals surface area contributed by atoms with Gasteiger partial charge in [0.25, 0.3) is 5.91 Å². The monoisotopic (exact) mass is 553 g/mol. The van der Waals surface area contributed by atoms with Crippen molar-refractivity contribution < 1.29 is 4.79 Å². The van der Waals surface area contributed by atoms with Crippen molar-refractivity contribution in [3.05, 3.63) is 53.5 Å². The van der Waals surface area contributed by atoms with Gasteiger partial charge < -0.3 is 16.0 Å². The maximum Gasteiger partial charge on any atom is 0.254 e. The lowest BCUT2D eigenvalue weighted by atomic mass is 9.92. The summed E-state index contributed by atoms with van der Waals surface area (Å²) in [6.07, 6.45) is 17.3. The first-order chi connectivity index (χ1) is 20.2. The molecule has 1 fully saturated rings. The van der Waals surface area contributed by atoms with Crippen LogP contribution in [-0.4, -0.2) is 44.8 Å². The molecule has 1 saturated carbocycles. The number of carbonyl (C=O) groups is 1. The number of hydrogen-bond donors (Lipinski definition) is 3. The highest BCUT2D eigenvalue weighted by Crippen LogP contribution is 2.33. The van der Waals surface area contributed by atoms with E-state index in [2.05, 4.69) is 57.2 Å². The van der Waals surface area contributed by atoms with Gasteiger partial charge in [-0.1, -0.05) is 37.5 Å². The van der Waals surface area contributed by atoms with Crippen LogP contribution in [0.15, 0.2) is 36.7 Å². The number of fused-ring (bicyclic) bond motifs is 3. The predicted molar refractivity (Wildman–Crippen MR) is 167 cm³/mol. The third-order valence-electron chi connectivity index (χ3n) is 8.77. The number of aryl methyl sites for hydroxylation is 2. The zero-order valence-electron chi connectivity index (χ0n) is 24.3. The summed E-state index contributed by atoms with van der Waals surface area (Å²) in [5.41, 5.74) is 7.39. The number of nitrogens with zero attached hydrogens (tertiary/aromatic N) is 4. The van der Waals surface area contributed by atoms with Gasteiger partial charge in [-0.15, -0.1) is 0 Å². The highest BCUT2D eigenvalue weighted by molar-refractivity contribution is 6.06. The van der Waals surface area contributed by atoms with Crippen molar-refractivity contribution >= 4 is 39.2 Å². The number of aromatic nitrogens is 4. The molecule has 8 heteroatoms. The van der Waals surface area contributed by atoms with Gasteiger partial charge in [0.15, 0.2) is 5.65 Å². The molecule has 0 bridgehead atoms. The number of pyridine rings is 2. The molecule has 2 aliphatic rings. The second-order valence-corrected chi connectivity index (χ2v) is 11.6. The number of hydrogen-bond acceptors (Lipinski definition) is 6. The van der Waals surface area contributed by atoms with Crippen LogP contribution >= 0.6 is 0 Å². The minimum absolute atomic E-state index is 0.0602. The Morgan fingerprint density at radius 3 is 2.63 bits per heavy atom. The SMILES string of the molecule is CCn1ncc2c(NC3CCCCC3)c(C(=O)NCCCCCNc3c4c(nc5ccccc35)CCCC4)cnc21. The number of carbonyl (C=O) groups excluding carboxylic acids is 1. The van der Waals surface area contributed by atoms with Crippen molar-refractivity contribution in [3.63, 3.8) is 0 Å². The number of unbranched alkanes of at least 4 members (excludes halogenated alkanes) is 2. The van der Waals surface area contributed by atoms with E-state index in [1.807, 2.05) is 10.9 Å². The molecule has 1 aromatic carbocycles. The standard InChI is InChI=1S/C33H43N7O/c1-2-40-32-26(22-37-40)31(38-23-13-5-3-6-14-23)27(21-36-32)33(41)35-20-12-4-11-19-34-30-24-15-7-9-17-28(24)39-29-18-10-8-16-25(29)30/h7,9,15,17,21-23H,2-6,8,10-14,16,18-20H2,1H3,(H,34,39)(H,35,41)(H,36,38). The van der Waals surface area contributed by atoms with Gasteiger partial charge in [-0.3, -0.25) is 9.78 Å². The van der Waals surface area contributed by atoms with Gasteiger partial charge >= 0.3 is 0 Å². The molecule has 0 saturated heterocycles. The summed E-state index contributed by atoms with van der Waals surface area (Å²) in [6, 6.07) is 8.88. The summed E-state index contributed by atoms with van der Waals surface area (Å²) < 4.78 is 1.89. The molecule has 4 aromatic rings. The molecule has 41 heavy (non-hydrogen) atoms. The Kier molecular flexibility index (Phi) is 8.63. The Hall–Kier alpha value is -3.68. The molecule has 0 unspecified atom stereocenters. The Morgan fingerprint density at radius 1 is 0.927 bits per heavy atom. The van der Waals surface area contributed by atoms with Crippen LogP contribution in [0.2, 0.25) is 0 Å². The van der Waals surface area contributed by atoms with E-state index >= 15 is 0 Å². The van der Waals surface area contributed by atoms with Gasteiger partial charge in [0, 0.05) is 48.6 Å². The quantitative estimate of drug-likeness (QED) is 0.180. The molecule has 3 N–H and O–H groups in total. The van der Waals surface area contributed by atoms with Gasteiger partial charge in [-0.25, -0.2) is 9.67 Å². The Bertz CT molecular complexity index is 1500. The van der Waals surface area contributed by atoms with E-state index in [0.29, 0.717) is 18.2 Å². The maximum atomic E-state index is 13.3. The lowest BCUT2D eigenvalue weighted by Crippen LogP contribution is -2.28. The van der Waals surface area contributed by atoms with E-state index < -0.39 is 0 Å². The molecule has 2 aliphatic carbocycles. The molecule has 1 amide bonds. The molecule has 6 rings (SSSR count). The van der Waals surface area contributed by atoms with Crippen LogP contribution in [0.4, 0.5) is 11.4 Å². The summed E-state index contributed by atoms with van der Waals surface area (Å²) in [6.45, 7) is 4.39. The molecule has 3 heterocycles. The second-order valence-electron chi connectivity index (χ2n) is 11.6. The fourth-order valence-corrected chi connectivity index (χ4v) is 6.55. The van der Waals surface area contributed by atoms with Gasteiger partial charge in [0.05, 0.1) is 28.4 Å². The smallest absolute Gasteiger partial charge is 0.254 e. The number of anilines is 2. The fraction of sp³-hybridized carbons (Fsp3) is 0.515. The van der Waals surface area contributed by atoms with Crippen LogP contribution in [0.1, 0.15) is 92.7 Å². The maximum absolute atomic E-state index is 13.3. The van der Waals surface area contributed by atoms with Crippen LogP contribution in [0, 0.1) is 0 Å². The minimum atomic E-state index is -0.0602. The van der Waals surface area contributed by atoms with Crippen molar-refractivity contribution in [2.45, 2.75) is 96.6 Å². The second kappa shape index (κ2) is 12.9. The Morgan fingerprint density at radius 2 is 1.76 bits per heavy atom. The highest BCUT2D eigenvalue weighted by Gasteiger charge is 2.22. The van der Waals surface area contributed by atoms with E-state index in [9.17, 15) is 4.79 Å². The van der Waals surface area contributed by atoms with E-state index in [1.165, 1.54) is 54.4 Å². The van der Waals surface area contributed by atoms with Gasteiger partial charge in [0.2, 0.25) is 0 Å². The zero-order chi connectivity index (χ0) is 28.0. The summed E-state index contributed by atoms with van der Waals surface area (Å²) >= 11 is 0.